The van der Waals surface area contributed by atoms with Crippen LogP contribution in [0, 0.1) is 0 Å². The third-order valence-corrected chi connectivity index (χ3v) is 3.37. The van der Waals surface area contributed by atoms with Gasteiger partial charge in [0.15, 0.2) is 6.10 Å². The highest BCUT2D eigenvalue weighted by molar-refractivity contribution is 6.43. The van der Waals surface area contributed by atoms with Crippen molar-refractivity contribution in [2.45, 2.75) is 13.0 Å². The van der Waals surface area contributed by atoms with E-state index in [1.807, 2.05) is 0 Å². The van der Waals surface area contributed by atoms with E-state index in [9.17, 15) is 9.59 Å². The molecule has 0 aliphatic carbocycles. The van der Waals surface area contributed by atoms with Crippen LogP contribution in [0.25, 0.3) is 0 Å². The number of rotatable bonds is 6. The first-order valence-electron chi connectivity index (χ1n) is 6.09. The van der Waals surface area contributed by atoms with Crippen molar-refractivity contribution in [2.75, 3.05) is 26.0 Å². The van der Waals surface area contributed by atoms with Gasteiger partial charge in [-0.15, -0.1) is 0 Å². The lowest BCUT2D eigenvalue weighted by Gasteiger charge is -2.14. The van der Waals surface area contributed by atoms with Gasteiger partial charge >= 0.3 is 5.97 Å². The number of amides is 1. The van der Waals surface area contributed by atoms with Gasteiger partial charge in [-0.25, -0.2) is 4.79 Å². The number of nitrogens with two attached hydrogens (primary N) is 1. The number of ether oxygens (including phenoxy) is 2. The number of esters is 1. The van der Waals surface area contributed by atoms with Crippen molar-refractivity contribution in [3.05, 3.63) is 27.7 Å². The second-order valence-corrected chi connectivity index (χ2v) is 4.98. The van der Waals surface area contributed by atoms with Crippen LogP contribution >= 0.6 is 23.2 Å². The maximum Gasteiger partial charge on any atom is 0.339 e. The van der Waals surface area contributed by atoms with E-state index >= 15 is 0 Å². The Labute approximate surface area is 132 Å². The largest absolute Gasteiger partial charge is 0.449 e. The van der Waals surface area contributed by atoms with Gasteiger partial charge in [-0.05, 0) is 19.1 Å². The van der Waals surface area contributed by atoms with Gasteiger partial charge in [0.25, 0.3) is 5.91 Å². The first kappa shape index (κ1) is 17.6. The first-order chi connectivity index (χ1) is 9.86. The van der Waals surface area contributed by atoms with Crippen LogP contribution in [0.1, 0.15) is 17.3 Å². The van der Waals surface area contributed by atoms with E-state index in [1.165, 1.54) is 26.2 Å². The molecule has 116 valence electrons. The number of halogens is 2. The van der Waals surface area contributed by atoms with Crippen LogP contribution < -0.4 is 11.1 Å². The minimum Gasteiger partial charge on any atom is -0.449 e. The Balaban J connectivity index is 2.66. The zero-order valence-electron chi connectivity index (χ0n) is 11.6. The molecular weight excluding hydrogens is 319 g/mol. The molecule has 1 atom stereocenters. The number of carbonyl (C=O) groups is 2. The number of methoxy groups -OCH3 is 1. The van der Waals surface area contributed by atoms with Gasteiger partial charge in [-0.3, -0.25) is 4.79 Å². The van der Waals surface area contributed by atoms with Gasteiger partial charge in [-0.1, -0.05) is 23.2 Å². The average Bonchev–Trinajstić information content (AvgIpc) is 2.44. The molecule has 8 heteroatoms. The molecule has 0 aliphatic heterocycles. The molecule has 3 N–H and O–H groups in total. The second kappa shape index (κ2) is 8.07. The molecule has 0 heterocycles. The van der Waals surface area contributed by atoms with Gasteiger partial charge in [0, 0.05) is 13.7 Å². The van der Waals surface area contributed by atoms with Crippen molar-refractivity contribution in [1.29, 1.82) is 0 Å². The van der Waals surface area contributed by atoms with E-state index in [-0.39, 0.29) is 21.3 Å². The molecule has 1 aromatic rings. The molecule has 1 unspecified atom stereocenters. The molecule has 0 spiro atoms. The minimum atomic E-state index is -0.954. The number of nitrogen functional groups attached to an aromatic ring is 1. The zero-order valence-corrected chi connectivity index (χ0v) is 13.1. The van der Waals surface area contributed by atoms with E-state index in [0.29, 0.717) is 13.2 Å². The summed E-state index contributed by atoms with van der Waals surface area (Å²) < 4.78 is 9.83. The lowest BCUT2D eigenvalue weighted by Crippen LogP contribution is -2.37. The third kappa shape index (κ3) is 5.08. The summed E-state index contributed by atoms with van der Waals surface area (Å²) in [6.07, 6.45) is -0.954. The molecule has 0 radical (unpaired) electrons. The predicted molar refractivity (Wildman–Crippen MR) is 80.6 cm³/mol. The molecular formula is C13H16Cl2N2O4. The molecule has 0 fully saturated rings. The van der Waals surface area contributed by atoms with E-state index in [0.717, 1.165) is 0 Å². The van der Waals surface area contributed by atoms with E-state index in [1.54, 1.807) is 0 Å². The number of nitrogens with one attached hydrogen (secondary N) is 1. The SMILES string of the molecule is COCCNC(=O)C(C)OC(=O)c1cc(N)c(Cl)c(Cl)c1. The number of hydrogen-bond donors (Lipinski definition) is 2. The fourth-order valence-electron chi connectivity index (χ4n) is 1.43. The highest BCUT2D eigenvalue weighted by Gasteiger charge is 2.19. The van der Waals surface area contributed by atoms with Gasteiger partial charge < -0.3 is 20.5 Å². The van der Waals surface area contributed by atoms with Crippen LogP contribution in [0.2, 0.25) is 10.0 Å². The van der Waals surface area contributed by atoms with E-state index < -0.39 is 18.0 Å². The maximum atomic E-state index is 11.9. The molecule has 0 aliphatic rings. The minimum absolute atomic E-state index is 0.124. The van der Waals surface area contributed by atoms with Crippen LogP contribution in [-0.4, -0.2) is 38.2 Å². The summed E-state index contributed by atoms with van der Waals surface area (Å²) in [5, 5.41) is 2.86. The van der Waals surface area contributed by atoms with Gasteiger partial charge in [0.1, 0.15) is 0 Å². The smallest absolute Gasteiger partial charge is 0.339 e. The predicted octanol–water partition coefficient (Wildman–Crippen LogP) is 1.88. The average molecular weight is 335 g/mol. The number of benzene rings is 1. The Bertz CT molecular complexity index is 514. The van der Waals surface area contributed by atoms with Crippen LogP contribution in [0.15, 0.2) is 12.1 Å². The molecule has 1 aromatic carbocycles. The summed E-state index contributed by atoms with van der Waals surface area (Å²) in [6, 6.07) is 2.67. The Morgan fingerprint density at radius 2 is 2.05 bits per heavy atom. The fraction of sp³-hybridized carbons (Fsp3) is 0.385. The van der Waals surface area contributed by atoms with Crippen LogP contribution in [0.4, 0.5) is 5.69 Å². The van der Waals surface area contributed by atoms with Crippen LogP contribution in [0.5, 0.6) is 0 Å². The molecule has 0 saturated carbocycles. The summed E-state index contributed by atoms with van der Waals surface area (Å²) in [6.45, 7) is 2.16. The molecule has 1 amide bonds. The summed E-state index contributed by atoms with van der Waals surface area (Å²) >= 11 is 11.6. The van der Waals surface area contributed by atoms with Crippen molar-refractivity contribution >= 4 is 40.8 Å². The van der Waals surface area contributed by atoms with Gasteiger partial charge in [0.05, 0.1) is 27.9 Å². The summed E-state index contributed by atoms with van der Waals surface area (Å²) in [7, 11) is 1.52. The van der Waals surface area contributed by atoms with Gasteiger partial charge in [0.2, 0.25) is 0 Å². The van der Waals surface area contributed by atoms with Crippen molar-refractivity contribution in [3.63, 3.8) is 0 Å². The van der Waals surface area contributed by atoms with Crippen LogP contribution in [0.3, 0.4) is 0 Å². The highest BCUT2D eigenvalue weighted by Crippen LogP contribution is 2.29. The van der Waals surface area contributed by atoms with Crippen molar-refractivity contribution in [1.82, 2.24) is 5.32 Å². The molecule has 21 heavy (non-hydrogen) atoms. The van der Waals surface area contributed by atoms with E-state index in [2.05, 4.69) is 5.32 Å². The standard InChI is InChI=1S/C13H16Cl2N2O4/c1-7(12(18)17-3-4-20-2)21-13(19)8-5-9(14)11(15)10(16)6-8/h5-7H,3-4,16H2,1-2H3,(H,17,18). The fourth-order valence-corrected chi connectivity index (χ4v) is 1.77. The molecule has 0 bridgehead atoms. The number of anilines is 1. The number of hydrogen-bond acceptors (Lipinski definition) is 5. The van der Waals surface area contributed by atoms with Crippen molar-refractivity contribution in [2.24, 2.45) is 0 Å². The Morgan fingerprint density at radius 1 is 1.38 bits per heavy atom. The number of carbonyl (C=O) groups excluding carboxylic acids is 2. The van der Waals surface area contributed by atoms with E-state index in [4.69, 9.17) is 38.4 Å². The zero-order chi connectivity index (χ0) is 16.0. The Hall–Kier alpha value is -1.50. The lowest BCUT2D eigenvalue weighted by atomic mass is 10.2. The second-order valence-electron chi connectivity index (χ2n) is 4.19. The van der Waals surface area contributed by atoms with Crippen LogP contribution in [-0.2, 0) is 14.3 Å². The molecule has 0 aromatic heterocycles. The molecule has 1 rings (SSSR count). The Kier molecular flexibility index (Phi) is 6.74. The highest BCUT2D eigenvalue weighted by atomic mass is 35.5. The van der Waals surface area contributed by atoms with Gasteiger partial charge in [-0.2, -0.15) is 0 Å². The normalized spacial score (nSPS) is 11.8. The summed E-state index contributed by atoms with van der Waals surface area (Å²) in [5.74, 6) is -1.14. The topological polar surface area (TPSA) is 90.6 Å². The maximum absolute atomic E-state index is 11.9. The Morgan fingerprint density at radius 3 is 2.62 bits per heavy atom. The first-order valence-corrected chi connectivity index (χ1v) is 6.84. The quantitative estimate of drug-likeness (QED) is 0.471. The molecule has 6 nitrogen and oxygen atoms in total. The van der Waals surface area contributed by atoms with Crippen molar-refractivity contribution < 1.29 is 19.1 Å². The summed E-state index contributed by atoms with van der Waals surface area (Å²) in [4.78, 5) is 23.6. The van der Waals surface area contributed by atoms with Crippen molar-refractivity contribution in [3.8, 4) is 0 Å². The monoisotopic (exact) mass is 334 g/mol. The lowest BCUT2D eigenvalue weighted by molar-refractivity contribution is -0.129. The summed E-state index contributed by atoms with van der Waals surface area (Å²) in [5.41, 5.74) is 5.90. The third-order valence-electron chi connectivity index (χ3n) is 2.55. The molecule has 0 saturated heterocycles.